The Bertz CT molecular complexity index is 5260. The number of aliphatic hydroxyl groups is 2. The lowest BCUT2D eigenvalue weighted by atomic mass is 9.78. The predicted molar refractivity (Wildman–Crippen MR) is 518 cm³/mol. The van der Waals surface area contributed by atoms with Crippen LogP contribution in [-0.4, -0.2) is 311 Å². The zero-order valence-corrected chi connectivity index (χ0v) is 83.3. The molecule has 1 saturated carbocycles. The predicted octanol–water partition coefficient (Wildman–Crippen LogP) is 2.80. The summed E-state index contributed by atoms with van der Waals surface area (Å²) in [5.74, 6) is -28.2. The van der Waals surface area contributed by atoms with Crippen LogP contribution in [0.25, 0.3) is 11.2 Å². The topological polar surface area (TPSA) is 743 Å². The van der Waals surface area contributed by atoms with E-state index in [0.717, 1.165) is 32.1 Å². The molecule has 0 spiro atoms. The number of hydrogen-bond donors (Lipinski definition) is 19. The highest BCUT2D eigenvalue weighted by Crippen LogP contribution is 2.39. The molecular formula is C94H132N16O32S2. The molecule has 2 aromatic heterocycles. The summed E-state index contributed by atoms with van der Waals surface area (Å²) in [5.41, 5.74) is 11.9. The van der Waals surface area contributed by atoms with Gasteiger partial charge in [-0.2, -0.15) is 4.98 Å². The Hall–Kier alpha value is -12.9. The number of nitrogens with two attached hydrogens (primary N) is 2. The van der Waals surface area contributed by atoms with Crippen molar-refractivity contribution < 1.29 is 150 Å². The lowest BCUT2D eigenvalue weighted by molar-refractivity contribution is -0.265. The van der Waals surface area contributed by atoms with Crippen molar-refractivity contribution in [2.45, 2.75) is 268 Å². The maximum Gasteiger partial charge on any atom is 0.509 e. The van der Waals surface area contributed by atoms with Crippen LogP contribution in [0.5, 0.6) is 0 Å². The number of esters is 1. The Kier molecular flexibility index (Phi) is 47.2. The first-order valence-electron chi connectivity index (χ1n) is 47.1. The number of allylic oxidation sites excluding steroid dienone is 6. The van der Waals surface area contributed by atoms with Gasteiger partial charge in [-0.05, 0) is 150 Å². The van der Waals surface area contributed by atoms with Gasteiger partial charge in [0.1, 0.15) is 60.8 Å². The minimum Gasteiger partial charge on any atom is -0.481 e. The van der Waals surface area contributed by atoms with Crippen LogP contribution in [0.1, 0.15) is 187 Å². The summed E-state index contributed by atoms with van der Waals surface area (Å²) in [6.07, 6.45) is 1.34. The van der Waals surface area contributed by atoms with Gasteiger partial charge in [0, 0.05) is 94.2 Å². The minimum atomic E-state index is -2.57. The van der Waals surface area contributed by atoms with Crippen LogP contribution < -0.4 is 59.6 Å². The van der Waals surface area contributed by atoms with Crippen molar-refractivity contribution in [3.63, 3.8) is 0 Å². The van der Waals surface area contributed by atoms with E-state index in [1.807, 2.05) is 31.3 Å². The number of aliphatic hydroxyl groups excluding tert-OH is 1. The summed E-state index contributed by atoms with van der Waals surface area (Å²) in [4.78, 5) is 261. The van der Waals surface area contributed by atoms with E-state index in [1.165, 1.54) is 71.7 Å². The maximum atomic E-state index is 14.9. The number of carboxylic acid groups (broad SMARTS) is 5. The Balaban J connectivity index is 1.01. The maximum absolute atomic E-state index is 14.9. The second-order valence-corrected chi connectivity index (χ2v) is 38.8. The number of nitrogens with zero attached hydrogens (tertiary/aromatic N) is 4. The number of aromatic amines is 1. The Morgan fingerprint density at radius 2 is 1.33 bits per heavy atom. The number of hydrogen-bond acceptors (Lipinski definition) is 35. The Morgan fingerprint density at radius 1 is 0.701 bits per heavy atom. The molecule has 792 valence electrons. The number of Topliss-reactive ketones (excluding diaryl/α,β-unsaturated/α-hetero) is 3. The molecule has 1 aromatic carbocycles. The second-order valence-electron chi connectivity index (χ2n) is 36.2. The van der Waals surface area contributed by atoms with E-state index >= 15 is 0 Å². The number of anilines is 2. The van der Waals surface area contributed by atoms with E-state index in [1.54, 1.807) is 39.0 Å². The van der Waals surface area contributed by atoms with Gasteiger partial charge in [0.2, 0.25) is 41.3 Å². The molecule has 144 heavy (non-hydrogen) atoms. The van der Waals surface area contributed by atoms with Crippen LogP contribution in [0.2, 0.25) is 0 Å². The quantitative estimate of drug-likeness (QED) is 0.00737. The summed E-state index contributed by atoms with van der Waals surface area (Å²) in [6, 6.07) is -7.80. The molecule has 21 atom stereocenters. The van der Waals surface area contributed by atoms with Crippen LogP contribution in [0.15, 0.2) is 82.9 Å². The average Bonchev–Trinajstić information content (AvgIpc) is 0.769. The third-order valence-electron chi connectivity index (χ3n) is 25.0. The first-order valence-corrected chi connectivity index (χ1v) is 49.6. The van der Waals surface area contributed by atoms with Gasteiger partial charge >= 0.3 is 42.0 Å². The molecule has 3 aliphatic heterocycles. The summed E-state index contributed by atoms with van der Waals surface area (Å²) < 4.78 is 41.3. The third-order valence-corrected chi connectivity index (χ3v) is 27.4. The molecule has 3 fully saturated rings. The van der Waals surface area contributed by atoms with Gasteiger partial charge in [-0.3, -0.25) is 77.5 Å². The van der Waals surface area contributed by atoms with E-state index in [4.69, 9.17) is 50.0 Å². The summed E-state index contributed by atoms with van der Waals surface area (Å²) in [5, 5.41) is 98.9. The van der Waals surface area contributed by atoms with Crippen molar-refractivity contribution in [3.8, 4) is 0 Å². The molecule has 48 nitrogen and oxygen atoms in total. The number of H-pyrrole nitrogens is 1. The van der Waals surface area contributed by atoms with Crippen molar-refractivity contribution in [1.29, 1.82) is 5.41 Å². The number of amides is 7. The highest BCUT2D eigenvalue weighted by atomic mass is 33.1. The number of nitrogens with one attached hydrogen (secondary N) is 10. The van der Waals surface area contributed by atoms with Gasteiger partial charge in [0.25, 0.3) is 23.2 Å². The molecule has 21 N–H and O–H groups in total. The number of carboxylic acids is 5. The number of piperidine rings is 1. The molecule has 3 aromatic rings. The number of cyclic esters (lactones) is 1. The van der Waals surface area contributed by atoms with Gasteiger partial charge < -0.3 is 128 Å². The standard InChI is InChI=1S/C94H132N16O32S2/c1-47-17-12-11-13-18-48(2)68(136-8)39-58-27-21-53(7)94(135,142-58)79(121)87(128)110-32-15-14-20-65(110)90(133)140-69(50(4)37-54-22-29-66(111)70(38-54)137-9)43-67(112)49(3)36-52(6)77(78(138-10)76(120)51(5)35-47)141-93(134)139-33-34-143-144-46-64(89(131)132)107-85(126)63(42-74(118)119)106-84(125)62(41-73(116)117)105-82(123)59(19-16-31-98-91(95)96)103-83(124)61(40-72(114)115)102-71(113)30-28-60(88(129)130)104-81(122)55-23-25-56(26-24-55)99-44-57-45-100-80-75(101-57)86(127)109-92(97)108-80/h11-13,17-18,23-26,36,45,47,49-51,53-54,58-66,68-70,77-78,99,111,135H,14-16,19-22,27-35,37-44,46H2,1-10H3,(H,102,113)(H,103,124)(H,104,122)(H,105,123)(H,106,125)(H,107,126)(H,114,115)(H,116,117)(H,118,119)(H,129,130)(H,131,132)(H4,95,96,98)(H3,97,100,108,109,127)/b13-11+,17-12+,48-18+,52-36+/t47-,49-,50-,51-,53-,54+,58+,59+,60+,61+,62+,63+,64+,65+,66-,68+,69+,70-,77-,78+,94-/m1/s1. The molecule has 2 saturated heterocycles. The summed E-state index contributed by atoms with van der Waals surface area (Å²) in [6.45, 7) is 11.2. The molecule has 4 aliphatic rings. The van der Waals surface area contributed by atoms with Crippen molar-refractivity contribution in [2.75, 3.05) is 63.6 Å². The normalized spacial score (nSPS) is 25.5. The van der Waals surface area contributed by atoms with Gasteiger partial charge in [-0.1, -0.05) is 92.7 Å². The van der Waals surface area contributed by atoms with Crippen molar-refractivity contribution in [1.82, 2.24) is 62.1 Å². The van der Waals surface area contributed by atoms with Crippen LogP contribution in [0.4, 0.5) is 16.4 Å². The summed E-state index contributed by atoms with van der Waals surface area (Å²) in [7, 11) is 5.89. The Labute approximate surface area is 837 Å². The number of nitrogen functional groups attached to an aromatic ring is 1. The largest absolute Gasteiger partial charge is 0.509 e. The highest BCUT2D eigenvalue weighted by Gasteiger charge is 2.54. The lowest BCUT2D eigenvalue weighted by Crippen LogP contribution is -2.61. The van der Waals surface area contributed by atoms with Gasteiger partial charge in [-0.25, -0.2) is 29.1 Å². The van der Waals surface area contributed by atoms with Gasteiger partial charge in [0.05, 0.1) is 62.1 Å². The van der Waals surface area contributed by atoms with Crippen LogP contribution >= 0.6 is 21.6 Å². The van der Waals surface area contributed by atoms with Crippen molar-refractivity contribution in [2.24, 2.45) is 41.2 Å². The third kappa shape index (κ3) is 36.8. The van der Waals surface area contributed by atoms with Crippen LogP contribution in [0, 0.1) is 40.9 Å². The number of aliphatic carboxylic acids is 5. The molecule has 50 heteroatoms. The number of rotatable bonds is 42. The molecule has 0 radical (unpaired) electrons. The number of fused-ring (bicyclic) bond motifs is 4. The van der Waals surface area contributed by atoms with Crippen molar-refractivity contribution in [3.05, 3.63) is 99.7 Å². The van der Waals surface area contributed by atoms with Crippen LogP contribution in [-0.2, 0) is 112 Å². The highest BCUT2D eigenvalue weighted by molar-refractivity contribution is 8.76. The number of ether oxygens (including phenoxy) is 7. The van der Waals surface area contributed by atoms with Crippen molar-refractivity contribution >= 4 is 151 Å². The second kappa shape index (κ2) is 57.6. The lowest BCUT2D eigenvalue weighted by Gasteiger charge is -2.42. The van der Waals surface area contributed by atoms with Crippen LogP contribution in [0.3, 0.4) is 0 Å². The fraction of sp³-hybridized carbons (Fsp3) is 0.596. The zero-order valence-electron chi connectivity index (χ0n) is 81.7. The number of carbonyl (C=O) groups excluding carboxylic acids is 12. The molecule has 7 amide bonds. The number of ketones is 3. The summed E-state index contributed by atoms with van der Waals surface area (Å²) >= 11 is 0. The number of aromatic nitrogens is 4. The molecule has 5 heterocycles. The number of guanidine groups is 1. The van der Waals surface area contributed by atoms with E-state index in [-0.39, 0.29) is 91.2 Å². The van der Waals surface area contributed by atoms with E-state index in [9.17, 15) is 122 Å². The van der Waals surface area contributed by atoms with E-state index < -0.39 is 284 Å². The SMILES string of the molecule is CO[C@H]1C[C@@H]2CC[C@@H](C)[C@@](O)(O2)C(=O)C(=O)N2CCCC[C@H]2C(=O)O[C@H]([C@H](C)C[C@@H]2CC[C@@H](O)[C@H](OC)C2)CC(=O)[C@H](C)/C=C(\C)[C@@H](OC(=O)OCCSSC[C@H](NC(=O)[C@H](CC(=O)O)NC(=O)[C@H](CC(=O)O)NC(=O)[C@H](CCCNC(=N)N)NC(=O)[C@H](CC(=O)O)NC(=O)CC[C@H](NC(=O)c2ccc(NCc3cnc4nc(N)[nH]c(=O)c4n3)cc2)C(=O)O)C(=O)O)[C@@H](OC)C(=O)[C@H](C)C[C@H](C)/C=C/C=C/C=C/1C. The monoisotopic (exact) mass is 2060 g/mol. The molecule has 7 rings (SSSR count). The van der Waals surface area contributed by atoms with Gasteiger partial charge in [-0.15, -0.1) is 0 Å². The molecule has 1 aliphatic carbocycles. The average molecular weight is 2060 g/mol. The molecule has 0 unspecified atom stereocenters. The van der Waals surface area contributed by atoms with E-state index in [2.05, 4.69) is 57.2 Å². The zero-order chi connectivity index (χ0) is 107. The number of methoxy groups -OCH3 is 3. The Morgan fingerprint density at radius 3 is 1.95 bits per heavy atom. The number of carbonyl (C=O) groups is 17. The first kappa shape index (κ1) is 118. The molecular weight excluding hydrogens is 1930 g/mol. The fourth-order valence-corrected chi connectivity index (χ4v) is 19.0. The smallest absolute Gasteiger partial charge is 0.481 e. The fourth-order valence-electron chi connectivity index (χ4n) is 17.0. The van der Waals surface area contributed by atoms with E-state index in [0.29, 0.717) is 62.7 Å². The molecule has 2 bridgehead atoms. The minimum absolute atomic E-state index is 0.0171. The first-order chi connectivity index (χ1) is 68.1. The van der Waals surface area contributed by atoms with Gasteiger partial charge in [0.15, 0.2) is 35.1 Å². The number of benzene rings is 1.